The van der Waals surface area contributed by atoms with E-state index in [-0.39, 0.29) is 12.0 Å². The number of benzene rings is 1. The van der Waals surface area contributed by atoms with Crippen LogP contribution in [0.3, 0.4) is 0 Å². The van der Waals surface area contributed by atoms with Gasteiger partial charge in [0.15, 0.2) is 12.4 Å². The molecule has 0 fully saturated rings. The third-order valence-electron chi connectivity index (χ3n) is 2.91. The van der Waals surface area contributed by atoms with Gasteiger partial charge in [-0.1, -0.05) is 12.1 Å². The summed E-state index contributed by atoms with van der Waals surface area (Å²) in [5, 5.41) is 3.61. The molecule has 24 heavy (non-hydrogen) atoms. The summed E-state index contributed by atoms with van der Waals surface area (Å²) in [6, 6.07) is 0.996. The fourth-order valence-electron chi connectivity index (χ4n) is 1.83. The molecule has 4 nitrogen and oxygen atoms in total. The van der Waals surface area contributed by atoms with Crippen LogP contribution in [0, 0.1) is 0 Å². The van der Waals surface area contributed by atoms with Crippen LogP contribution in [0.5, 0.6) is 5.75 Å². The zero-order valence-electron chi connectivity index (χ0n) is 12.3. The molecule has 1 heterocycles. The number of hydrogen-bond donors (Lipinski definition) is 0. The second-order valence-electron chi connectivity index (χ2n) is 4.88. The SMILES string of the molecule is CCCc1noc(COc2cc(C(F)(F)F)cc(C(F)(F)F)c2)n1. The highest BCUT2D eigenvalue weighted by molar-refractivity contribution is 5.37. The lowest BCUT2D eigenvalue weighted by atomic mass is 10.1. The van der Waals surface area contributed by atoms with Gasteiger partial charge in [0.25, 0.3) is 5.89 Å². The number of aromatic nitrogens is 2. The van der Waals surface area contributed by atoms with E-state index in [1.807, 2.05) is 6.92 Å². The smallest absolute Gasteiger partial charge is 0.416 e. The lowest BCUT2D eigenvalue weighted by Crippen LogP contribution is -2.11. The lowest BCUT2D eigenvalue weighted by Gasteiger charge is -2.14. The summed E-state index contributed by atoms with van der Waals surface area (Å²) in [4.78, 5) is 3.91. The van der Waals surface area contributed by atoms with Crippen LogP contribution in [0.25, 0.3) is 0 Å². The van der Waals surface area contributed by atoms with Gasteiger partial charge in [0, 0.05) is 6.42 Å². The molecule has 0 aliphatic heterocycles. The number of aryl methyl sites for hydroxylation is 1. The third-order valence-corrected chi connectivity index (χ3v) is 2.91. The number of alkyl halides is 6. The molecule has 0 N–H and O–H groups in total. The fourth-order valence-corrected chi connectivity index (χ4v) is 1.83. The highest BCUT2D eigenvalue weighted by atomic mass is 19.4. The number of ether oxygens (including phenoxy) is 1. The van der Waals surface area contributed by atoms with Gasteiger partial charge in [0.1, 0.15) is 5.75 Å². The van der Waals surface area contributed by atoms with Crippen LogP contribution in [0.4, 0.5) is 26.3 Å². The number of nitrogens with zero attached hydrogens (tertiary/aromatic N) is 2. The molecule has 0 saturated heterocycles. The van der Waals surface area contributed by atoms with Crippen LogP contribution >= 0.6 is 0 Å². The van der Waals surface area contributed by atoms with Gasteiger partial charge in [0.2, 0.25) is 0 Å². The predicted octanol–water partition coefficient (Wildman–Crippen LogP) is 4.64. The number of rotatable bonds is 5. The van der Waals surface area contributed by atoms with Crippen molar-refractivity contribution in [2.75, 3.05) is 0 Å². The van der Waals surface area contributed by atoms with Crippen molar-refractivity contribution in [3.63, 3.8) is 0 Å². The standard InChI is InChI=1S/C14H12F6N2O2/c1-2-3-11-21-12(24-22-11)7-23-10-5-8(13(15,16)17)4-9(6-10)14(18,19)20/h4-6H,2-3,7H2,1H3. The van der Waals surface area contributed by atoms with Crippen LogP contribution in [0.2, 0.25) is 0 Å². The Balaban J connectivity index is 2.22. The van der Waals surface area contributed by atoms with Crippen molar-refractivity contribution >= 4 is 0 Å². The minimum Gasteiger partial charge on any atom is -0.484 e. The zero-order valence-corrected chi connectivity index (χ0v) is 12.3. The van der Waals surface area contributed by atoms with E-state index in [2.05, 4.69) is 10.1 Å². The van der Waals surface area contributed by atoms with Gasteiger partial charge in [-0.2, -0.15) is 31.3 Å². The van der Waals surface area contributed by atoms with E-state index in [0.29, 0.717) is 24.4 Å². The van der Waals surface area contributed by atoms with E-state index in [9.17, 15) is 26.3 Å². The topological polar surface area (TPSA) is 48.2 Å². The molecule has 0 bridgehead atoms. The van der Waals surface area contributed by atoms with Crippen molar-refractivity contribution in [3.05, 3.63) is 41.0 Å². The van der Waals surface area contributed by atoms with Gasteiger partial charge >= 0.3 is 12.4 Å². The molecule has 0 saturated carbocycles. The normalized spacial score (nSPS) is 12.5. The Kier molecular flexibility index (Phi) is 5.05. The average Bonchev–Trinajstić information content (AvgIpc) is 2.91. The van der Waals surface area contributed by atoms with Gasteiger partial charge in [-0.3, -0.25) is 0 Å². The monoisotopic (exact) mass is 354 g/mol. The Labute approximate surface area is 132 Å². The molecule has 0 spiro atoms. The van der Waals surface area contributed by atoms with Crippen molar-refractivity contribution in [2.45, 2.75) is 38.7 Å². The minimum absolute atomic E-state index is 0.0267. The van der Waals surface area contributed by atoms with Crippen molar-refractivity contribution in [1.29, 1.82) is 0 Å². The summed E-state index contributed by atoms with van der Waals surface area (Å²) in [5.74, 6) is -0.243. The average molecular weight is 354 g/mol. The molecule has 0 aliphatic rings. The Morgan fingerprint density at radius 2 is 1.58 bits per heavy atom. The van der Waals surface area contributed by atoms with E-state index in [4.69, 9.17) is 9.26 Å². The van der Waals surface area contributed by atoms with Crippen LogP contribution < -0.4 is 4.74 Å². The maximum absolute atomic E-state index is 12.7. The van der Waals surface area contributed by atoms with Crippen LogP contribution in [-0.4, -0.2) is 10.1 Å². The lowest BCUT2D eigenvalue weighted by molar-refractivity contribution is -0.143. The molecule has 0 radical (unpaired) electrons. The summed E-state index contributed by atoms with van der Waals surface area (Å²) >= 11 is 0. The summed E-state index contributed by atoms with van der Waals surface area (Å²) in [6.07, 6.45) is -8.58. The molecule has 0 amide bonds. The predicted molar refractivity (Wildman–Crippen MR) is 69.1 cm³/mol. The van der Waals surface area contributed by atoms with Crippen LogP contribution in [0.1, 0.15) is 36.2 Å². The first kappa shape index (κ1) is 18.1. The molecule has 2 aromatic rings. The van der Waals surface area contributed by atoms with E-state index in [1.165, 1.54) is 0 Å². The van der Waals surface area contributed by atoms with Gasteiger partial charge < -0.3 is 9.26 Å². The van der Waals surface area contributed by atoms with Crippen molar-refractivity contribution in [3.8, 4) is 5.75 Å². The number of hydrogen-bond acceptors (Lipinski definition) is 4. The first-order valence-electron chi connectivity index (χ1n) is 6.83. The molecule has 2 rings (SSSR count). The maximum atomic E-state index is 12.7. The third kappa shape index (κ3) is 4.62. The first-order chi connectivity index (χ1) is 11.1. The summed E-state index contributed by atoms with van der Waals surface area (Å²) in [5.41, 5.74) is -2.91. The Bertz CT molecular complexity index is 661. The zero-order chi connectivity index (χ0) is 18.0. The van der Waals surface area contributed by atoms with Gasteiger partial charge in [0.05, 0.1) is 11.1 Å². The quantitative estimate of drug-likeness (QED) is 0.734. The van der Waals surface area contributed by atoms with Crippen molar-refractivity contribution in [1.82, 2.24) is 10.1 Å². The molecule has 0 unspecified atom stereocenters. The van der Waals surface area contributed by atoms with Gasteiger partial charge in [-0.05, 0) is 24.6 Å². The summed E-state index contributed by atoms with van der Waals surface area (Å²) < 4.78 is 86.1. The second-order valence-corrected chi connectivity index (χ2v) is 4.88. The molecule has 10 heteroatoms. The largest absolute Gasteiger partial charge is 0.484 e. The first-order valence-corrected chi connectivity index (χ1v) is 6.83. The highest BCUT2D eigenvalue weighted by Gasteiger charge is 2.37. The van der Waals surface area contributed by atoms with E-state index < -0.39 is 35.8 Å². The van der Waals surface area contributed by atoms with Crippen molar-refractivity contribution in [2.24, 2.45) is 0 Å². The fraction of sp³-hybridized carbons (Fsp3) is 0.429. The molecule has 132 valence electrons. The Hall–Kier alpha value is -2.26. The molecule has 0 aliphatic carbocycles. The molecular formula is C14H12F6N2O2. The number of halogens is 6. The van der Waals surface area contributed by atoms with Crippen molar-refractivity contribution < 1.29 is 35.6 Å². The van der Waals surface area contributed by atoms with Crippen LogP contribution in [0.15, 0.2) is 22.7 Å². The van der Waals surface area contributed by atoms with E-state index >= 15 is 0 Å². The molecule has 1 aromatic heterocycles. The molecular weight excluding hydrogens is 342 g/mol. The van der Waals surface area contributed by atoms with Crippen LogP contribution in [-0.2, 0) is 25.4 Å². The van der Waals surface area contributed by atoms with Gasteiger partial charge in [-0.25, -0.2) is 0 Å². The highest BCUT2D eigenvalue weighted by Crippen LogP contribution is 2.38. The van der Waals surface area contributed by atoms with E-state index in [1.54, 1.807) is 0 Å². The minimum atomic E-state index is -4.93. The molecule has 0 atom stereocenters. The molecule has 1 aromatic carbocycles. The summed E-state index contributed by atoms with van der Waals surface area (Å²) in [6.45, 7) is 1.45. The maximum Gasteiger partial charge on any atom is 0.416 e. The summed E-state index contributed by atoms with van der Waals surface area (Å²) in [7, 11) is 0. The Morgan fingerprint density at radius 1 is 1.00 bits per heavy atom. The second kappa shape index (κ2) is 6.70. The van der Waals surface area contributed by atoms with Gasteiger partial charge in [-0.15, -0.1) is 0 Å². The Morgan fingerprint density at radius 3 is 2.08 bits per heavy atom. The van der Waals surface area contributed by atoms with E-state index in [0.717, 1.165) is 6.42 Å².